The number of anilines is 2. The average Bonchev–Trinajstić information content (AvgIpc) is 3.25. The Labute approximate surface area is 178 Å². The van der Waals surface area contributed by atoms with Crippen LogP contribution in [0.15, 0.2) is 42.5 Å². The van der Waals surface area contributed by atoms with Gasteiger partial charge >= 0.3 is 0 Å². The van der Waals surface area contributed by atoms with Crippen LogP contribution in [0.3, 0.4) is 0 Å². The quantitative estimate of drug-likeness (QED) is 0.593. The highest BCUT2D eigenvalue weighted by atomic mass is 35.5. The molecule has 0 fully saturated rings. The molecule has 2 N–H and O–H groups in total. The van der Waals surface area contributed by atoms with Crippen molar-refractivity contribution in [3.05, 3.63) is 74.7 Å². The average molecular weight is 426 g/mol. The summed E-state index contributed by atoms with van der Waals surface area (Å²) in [5.41, 5.74) is 4.39. The van der Waals surface area contributed by atoms with E-state index in [1.54, 1.807) is 24.3 Å². The molecule has 0 saturated carbocycles. The first-order valence-corrected chi connectivity index (χ1v) is 10.5. The number of amides is 2. The Morgan fingerprint density at radius 2 is 1.83 bits per heavy atom. The minimum atomic E-state index is -0.302. The summed E-state index contributed by atoms with van der Waals surface area (Å²) in [6, 6.07) is 12.6. The smallest absolute Gasteiger partial charge is 0.257 e. The number of carbonyl (C=O) groups is 2. The fourth-order valence-corrected chi connectivity index (χ4v) is 4.51. The summed E-state index contributed by atoms with van der Waals surface area (Å²) < 4.78 is 0. The zero-order valence-electron chi connectivity index (χ0n) is 16.1. The van der Waals surface area contributed by atoms with Crippen molar-refractivity contribution in [2.75, 3.05) is 10.6 Å². The molecule has 2 aromatic carbocycles. The van der Waals surface area contributed by atoms with Crippen LogP contribution in [0.4, 0.5) is 10.8 Å². The molecule has 1 unspecified atom stereocenters. The molecule has 7 heteroatoms. The number of halogens is 1. The number of fused-ring (bicyclic) bond motifs is 1. The van der Waals surface area contributed by atoms with Crippen molar-refractivity contribution < 1.29 is 9.59 Å². The Morgan fingerprint density at radius 1 is 1.07 bits per heavy atom. The number of hydrogen-bond donors (Lipinski definition) is 2. The molecule has 0 bridgehead atoms. The fraction of sp³-hybridized carbons (Fsp3) is 0.227. The van der Waals surface area contributed by atoms with E-state index in [0.29, 0.717) is 15.7 Å². The molecule has 0 spiro atoms. The van der Waals surface area contributed by atoms with E-state index in [1.807, 2.05) is 32.0 Å². The van der Waals surface area contributed by atoms with Crippen LogP contribution < -0.4 is 10.6 Å². The molecule has 1 atom stereocenters. The summed E-state index contributed by atoms with van der Waals surface area (Å²) in [6.07, 6.45) is 1.52. The van der Waals surface area contributed by atoms with Gasteiger partial charge in [-0.05, 0) is 74.2 Å². The van der Waals surface area contributed by atoms with E-state index in [1.165, 1.54) is 16.9 Å². The summed E-state index contributed by atoms with van der Waals surface area (Å²) >= 11 is 7.30. The first-order chi connectivity index (χ1) is 13.9. The van der Waals surface area contributed by atoms with Crippen LogP contribution in [-0.4, -0.2) is 16.8 Å². The van der Waals surface area contributed by atoms with Crippen molar-refractivity contribution in [3.8, 4) is 0 Å². The van der Waals surface area contributed by atoms with Gasteiger partial charge in [0.1, 0.15) is 0 Å². The van der Waals surface area contributed by atoms with Gasteiger partial charge in [0.05, 0.1) is 11.6 Å². The second-order valence-electron chi connectivity index (χ2n) is 7.17. The molecule has 29 heavy (non-hydrogen) atoms. The van der Waals surface area contributed by atoms with Crippen LogP contribution in [0.1, 0.15) is 44.4 Å². The maximum atomic E-state index is 12.8. The number of hydrogen-bond acceptors (Lipinski definition) is 4. The highest BCUT2D eigenvalue weighted by Gasteiger charge is 2.33. The molecule has 4 rings (SSSR count). The van der Waals surface area contributed by atoms with E-state index in [0.717, 1.165) is 34.7 Å². The maximum absolute atomic E-state index is 12.8. The molecule has 5 nitrogen and oxygen atoms in total. The zero-order valence-corrected chi connectivity index (χ0v) is 17.7. The van der Waals surface area contributed by atoms with Crippen molar-refractivity contribution in [2.45, 2.75) is 32.6 Å². The van der Waals surface area contributed by atoms with E-state index in [2.05, 4.69) is 15.6 Å². The standard InChI is InChI=1S/C22H20ClN3O2S/c1-12-3-8-16(11-13(12)2)24-21(28)17-9-10-18-19(17)25-22(29-18)26-20(27)14-4-6-15(23)7-5-14/h3-8,11,17H,9-10H2,1-2H3,(H,24,28)(H,25,26,27). The third-order valence-electron chi connectivity index (χ3n) is 5.14. The van der Waals surface area contributed by atoms with E-state index < -0.39 is 0 Å². The number of aryl methyl sites for hydroxylation is 3. The van der Waals surface area contributed by atoms with Crippen LogP contribution in [0.25, 0.3) is 0 Å². The molecule has 1 heterocycles. The van der Waals surface area contributed by atoms with Gasteiger partial charge in [0.25, 0.3) is 5.91 Å². The van der Waals surface area contributed by atoms with E-state index in [-0.39, 0.29) is 17.7 Å². The Bertz CT molecular complexity index is 1090. The van der Waals surface area contributed by atoms with Gasteiger partial charge in [-0.3, -0.25) is 14.9 Å². The Kier molecular flexibility index (Phi) is 5.39. The number of nitrogens with zero attached hydrogens (tertiary/aromatic N) is 1. The van der Waals surface area contributed by atoms with E-state index in [9.17, 15) is 9.59 Å². The third kappa shape index (κ3) is 4.18. The van der Waals surface area contributed by atoms with Gasteiger partial charge in [0.2, 0.25) is 5.91 Å². The van der Waals surface area contributed by atoms with Crippen LogP contribution in [-0.2, 0) is 11.2 Å². The number of nitrogens with one attached hydrogen (secondary N) is 2. The van der Waals surface area contributed by atoms with Gasteiger partial charge < -0.3 is 5.32 Å². The molecule has 1 aliphatic rings. The van der Waals surface area contributed by atoms with Crippen LogP contribution >= 0.6 is 22.9 Å². The van der Waals surface area contributed by atoms with Crippen molar-refractivity contribution in [1.82, 2.24) is 4.98 Å². The van der Waals surface area contributed by atoms with Crippen molar-refractivity contribution in [2.24, 2.45) is 0 Å². The van der Waals surface area contributed by atoms with Gasteiger partial charge in [-0.25, -0.2) is 4.98 Å². The molecule has 1 aliphatic carbocycles. The predicted octanol–water partition coefficient (Wildman–Crippen LogP) is 5.33. The Hall–Kier alpha value is -2.70. The largest absolute Gasteiger partial charge is 0.326 e. The Balaban J connectivity index is 1.46. The van der Waals surface area contributed by atoms with Gasteiger partial charge in [-0.15, -0.1) is 11.3 Å². The van der Waals surface area contributed by atoms with Crippen molar-refractivity contribution >= 4 is 45.6 Å². The van der Waals surface area contributed by atoms with Gasteiger partial charge in [-0.1, -0.05) is 17.7 Å². The predicted molar refractivity (Wildman–Crippen MR) is 117 cm³/mol. The van der Waals surface area contributed by atoms with Crippen LogP contribution in [0.5, 0.6) is 0 Å². The molecule has 0 aliphatic heterocycles. The highest BCUT2D eigenvalue weighted by molar-refractivity contribution is 7.16. The SMILES string of the molecule is Cc1ccc(NC(=O)C2CCc3sc(NC(=O)c4ccc(Cl)cc4)nc32)cc1C. The fourth-order valence-electron chi connectivity index (χ4n) is 3.35. The molecule has 0 radical (unpaired) electrons. The van der Waals surface area contributed by atoms with Crippen LogP contribution in [0.2, 0.25) is 5.02 Å². The topological polar surface area (TPSA) is 71.1 Å². The lowest BCUT2D eigenvalue weighted by Crippen LogP contribution is -2.20. The summed E-state index contributed by atoms with van der Waals surface area (Å²) in [5.74, 6) is -0.609. The molecular formula is C22H20ClN3O2S. The highest BCUT2D eigenvalue weighted by Crippen LogP contribution is 2.39. The third-order valence-corrected chi connectivity index (χ3v) is 6.43. The number of carbonyl (C=O) groups excluding carboxylic acids is 2. The molecule has 3 aromatic rings. The Morgan fingerprint density at radius 3 is 2.55 bits per heavy atom. The van der Waals surface area contributed by atoms with Crippen LogP contribution in [0, 0.1) is 13.8 Å². The molecular weight excluding hydrogens is 406 g/mol. The first kappa shape index (κ1) is 19.6. The van der Waals surface area contributed by atoms with Crippen molar-refractivity contribution in [3.63, 3.8) is 0 Å². The van der Waals surface area contributed by atoms with Gasteiger partial charge in [0.15, 0.2) is 5.13 Å². The lowest BCUT2D eigenvalue weighted by molar-refractivity contribution is -0.117. The van der Waals surface area contributed by atoms with E-state index >= 15 is 0 Å². The second-order valence-corrected chi connectivity index (χ2v) is 8.69. The van der Waals surface area contributed by atoms with Gasteiger partial charge in [0, 0.05) is 21.2 Å². The molecule has 148 valence electrons. The number of benzene rings is 2. The summed E-state index contributed by atoms with van der Waals surface area (Å²) in [6.45, 7) is 4.06. The molecule has 1 aromatic heterocycles. The number of aromatic nitrogens is 1. The molecule has 2 amide bonds. The lowest BCUT2D eigenvalue weighted by Gasteiger charge is -2.12. The number of thiazole rings is 1. The summed E-state index contributed by atoms with van der Waals surface area (Å²) in [4.78, 5) is 30.8. The first-order valence-electron chi connectivity index (χ1n) is 9.35. The minimum Gasteiger partial charge on any atom is -0.326 e. The number of rotatable bonds is 4. The second kappa shape index (κ2) is 7.97. The monoisotopic (exact) mass is 425 g/mol. The summed E-state index contributed by atoms with van der Waals surface area (Å²) in [7, 11) is 0. The molecule has 0 saturated heterocycles. The zero-order chi connectivity index (χ0) is 20.5. The maximum Gasteiger partial charge on any atom is 0.257 e. The lowest BCUT2D eigenvalue weighted by atomic mass is 10.1. The normalized spacial score (nSPS) is 15.1. The summed E-state index contributed by atoms with van der Waals surface area (Å²) in [5, 5.41) is 6.91. The van der Waals surface area contributed by atoms with E-state index in [4.69, 9.17) is 11.6 Å². The van der Waals surface area contributed by atoms with Crippen molar-refractivity contribution in [1.29, 1.82) is 0 Å². The minimum absolute atomic E-state index is 0.0621. The van der Waals surface area contributed by atoms with Gasteiger partial charge in [-0.2, -0.15) is 0 Å².